The lowest BCUT2D eigenvalue weighted by Gasteiger charge is -2.30. The first-order valence-electron chi connectivity index (χ1n) is 6.53. The van der Waals surface area contributed by atoms with E-state index in [-0.39, 0.29) is 30.1 Å². The molecular formula is C13H23IN4O2. The van der Waals surface area contributed by atoms with Crippen molar-refractivity contribution in [3.8, 4) is 0 Å². The number of halogens is 1. The van der Waals surface area contributed by atoms with E-state index in [0.29, 0.717) is 6.54 Å². The van der Waals surface area contributed by atoms with Crippen LogP contribution in [0.1, 0.15) is 5.56 Å². The maximum absolute atomic E-state index is 5.69. The molecule has 1 aliphatic rings. The van der Waals surface area contributed by atoms with Gasteiger partial charge in [0.05, 0.1) is 25.2 Å². The number of rotatable bonds is 4. The third-order valence-corrected chi connectivity index (χ3v) is 3.10. The second-order valence-electron chi connectivity index (χ2n) is 4.69. The summed E-state index contributed by atoms with van der Waals surface area (Å²) in [4.78, 5) is 6.46. The van der Waals surface area contributed by atoms with Gasteiger partial charge in [0.15, 0.2) is 5.96 Å². The average Bonchev–Trinajstić information content (AvgIpc) is 2.92. The Bertz CT molecular complexity index is 397. The van der Waals surface area contributed by atoms with Crippen LogP contribution >= 0.6 is 24.0 Å². The van der Waals surface area contributed by atoms with Crippen molar-refractivity contribution in [2.24, 2.45) is 4.99 Å². The maximum atomic E-state index is 5.69. The summed E-state index contributed by atoms with van der Waals surface area (Å²) in [5.74, 6) is 0.776. The van der Waals surface area contributed by atoms with Crippen molar-refractivity contribution >= 4 is 29.9 Å². The molecule has 1 unspecified atom stereocenters. The number of aliphatic imine (C=N–C) groups is 1. The fourth-order valence-corrected chi connectivity index (χ4v) is 2.00. The van der Waals surface area contributed by atoms with Gasteiger partial charge in [-0.25, -0.2) is 0 Å². The molecule has 20 heavy (non-hydrogen) atoms. The van der Waals surface area contributed by atoms with Gasteiger partial charge in [0.2, 0.25) is 0 Å². The van der Waals surface area contributed by atoms with Crippen molar-refractivity contribution < 1.29 is 9.15 Å². The van der Waals surface area contributed by atoms with Gasteiger partial charge >= 0.3 is 0 Å². The van der Waals surface area contributed by atoms with Crippen LogP contribution in [0, 0.1) is 0 Å². The minimum atomic E-state index is 0. The lowest BCUT2D eigenvalue weighted by Crippen LogP contribution is -2.48. The van der Waals surface area contributed by atoms with Gasteiger partial charge in [-0.15, -0.1) is 24.0 Å². The standard InChI is InChI=1S/C13H22N4O2.HI/c1-14-13(15-7-11-3-5-18-10-11)16-8-12-9-17(2)4-6-19-12;/h3,5,10,12H,4,6-9H2,1-2H3,(H2,14,15,16);1H. The van der Waals surface area contributed by atoms with Crippen molar-refractivity contribution in [3.63, 3.8) is 0 Å². The fraction of sp³-hybridized carbons (Fsp3) is 0.615. The lowest BCUT2D eigenvalue weighted by atomic mass is 10.3. The molecule has 0 saturated carbocycles. The van der Waals surface area contributed by atoms with Crippen molar-refractivity contribution in [1.82, 2.24) is 15.5 Å². The molecule has 6 nitrogen and oxygen atoms in total. The summed E-state index contributed by atoms with van der Waals surface area (Å²) in [5, 5.41) is 6.51. The third kappa shape index (κ3) is 5.68. The van der Waals surface area contributed by atoms with Gasteiger partial charge in [0.25, 0.3) is 0 Å². The van der Waals surface area contributed by atoms with Crippen LogP contribution in [0.2, 0.25) is 0 Å². The van der Waals surface area contributed by atoms with E-state index >= 15 is 0 Å². The van der Waals surface area contributed by atoms with Crippen molar-refractivity contribution in [2.45, 2.75) is 12.6 Å². The quantitative estimate of drug-likeness (QED) is 0.452. The van der Waals surface area contributed by atoms with Crippen LogP contribution in [0.4, 0.5) is 0 Å². The first-order chi connectivity index (χ1) is 9.28. The smallest absolute Gasteiger partial charge is 0.191 e. The van der Waals surface area contributed by atoms with E-state index < -0.39 is 0 Å². The summed E-state index contributed by atoms with van der Waals surface area (Å²) >= 11 is 0. The molecule has 2 rings (SSSR count). The second-order valence-corrected chi connectivity index (χ2v) is 4.69. The molecule has 0 bridgehead atoms. The van der Waals surface area contributed by atoms with Crippen molar-refractivity contribution in [2.75, 3.05) is 40.3 Å². The molecule has 2 N–H and O–H groups in total. The Morgan fingerprint density at radius 3 is 3.00 bits per heavy atom. The Balaban J connectivity index is 0.00000200. The highest BCUT2D eigenvalue weighted by atomic mass is 127. The van der Waals surface area contributed by atoms with Crippen LogP contribution in [-0.4, -0.2) is 57.3 Å². The number of ether oxygens (including phenoxy) is 1. The number of guanidine groups is 1. The molecule has 1 saturated heterocycles. The van der Waals surface area contributed by atoms with Gasteiger partial charge in [-0.3, -0.25) is 4.99 Å². The number of likely N-dealkylation sites (N-methyl/N-ethyl adjacent to an activating group) is 1. The third-order valence-electron chi connectivity index (χ3n) is 3.10. The maximum Gasteiger partial charge on any atom is 0.191 e. The van der Waals surface area contributed by atoms with E-state index in [0.717, 1.165) is 37.8 Å². The van der Waals surface area contributed by atoms with E-state index in [9.17, 15) is 0 Å². The van der Waals surface area contributed by atoms with E-state index in [2.05, 4.69) is 27.6 Å². The number of morpholine rings is 1. The second kappa shape index (κ2) is 9.19. The normalized spacial score (nSPS) is 20.3. The molecule has 1 aromatic rings. The summed E-state index contributed by atoms with van der Waals surface area (Å²) < 4.78 is 10.7. The number of nitrogens with one attached hydrogen (secondary N) is 2. The number of hydrogen-bond acceptors (Lipinski definition) is 4. The molecule has 7 heteroatoms. The molecule has 114 valence electrons. The zero-order valence-corrected chi connectivity index (χ0v) is 14.3. The van der Waals surface area contributed by atoms with Crippen molar-refractivity contribution in [3.05, 3.63) is 24.2 Å². The topological polar surface area (TPSA) is 62.0 Å². The molecular weight excluding hydrogens is 371 g/mol. The van der Waals surface area contributed by atoms with Gasteiger partial charge in [-0.05, 0) is 13.1 Å². The summed E-state index contributed by atoms with van der Waals surface area (Å²) in [5.41, 5.74) is 1.09. The Morgan fingerprint density at radius 1 is 1.50 bits per heavy atom. The van der Waals surface area contributed by atoms with Gasteiger partial charge in [-0.2, -0.15) is 0 Å². The summed E-state index contributed by atoms with van der Waals surface area (Å²) in [6, 6.07) is 1.93. The number of furan rings is 1. The lowest BCUT2D eigenvalue weighted by molar-refractivity contribution is -0.0161. The highest BCUT2D eigenvalue weighted by molar-refractivity contribution is 14.0. The first kappa shape index (κ1) is 17.3. The van der Waals surface area contributed by atoms with Gasteiger partial charge < -0.3 is 24.7 Å². The molecule has 0 aliphatic carbocycles. The minimum absolute atomic E-state index is 0. The molecule has 0 spiro atoms. The molecule has 1 atom stereocenters. The number of hydrogen-bond donors (Lipinski definition) is 2. The molecule has 0 aromatic carbocycles. The summed E-state index contributed by atoms with van der Waals surface area (Å²) in [6.45, 7) is 4.20. The number of nitrogens with zero attached hydrogens (tertiary/aromatic N) is 2. The minimum Gasteiger partial charge on any atom is -0.472 e. The van der Waals surface area contributed by atoms with Crippen LogP contribution in [0.25, 0.3) is 0 Å². The first-order valence-corrected chi connectivity index (χ1v) is 6.53. The van der Waals surface area contributed by atoms with Gasteiger partial charge in [-0.1, -0.05) is 0 Å². The van der Waals surface area contributed by atoms with Crippen LogP contribution in [0.15, 0.2) is 28.0 Å². The SMILES string of the molecule is CN=C(NCc1ccoc1)NCC1CN(C)CCO1.I. The highest BCUT2D eigenvalue weighted by Gasteiger charge is 2.17. The average molecular weight is 394 g/mol. The Kier molecular flexibility index (Phi) is 7.93. The highest BCUT2D eigenvalue weighted by Crippen LogP contribution is 2.01. The van der Waals surface area contributed by atoms with Crippen molar-refractivity contribution in [1.29, 1.82) is 0 Å². The van der Waals surface area contributed by atoms with Gasteiger partial charge in [0, 0.05) is 38.8 Å². The Hall–Kier alpha value is -0.800. The van der Waals surface area contributed by atoms with E-state index in [1.807, 2.05) is 6.07 Å². The predicted octanol–water partition coefficient (Wildman–Crippen LogP) is 0.893. The van der Waals surface area contributed by atoms with E-state index in [1.165, 1.54) is 0 Å². The monoisotopic (exact) mass is 394 g/mol. The summed E-state index contributed by atoms with van der Waals surface area (Å²) in [7, 11) is 3.88. The molecule has 1 aromatic heterocycles. The fourth-order valence-electron chi connectivity index (χ4n) is 2.00. The zero-order valence-electron chi connectivity index (χ0n) is 12.0. The summed E-state index contributed by atoms with van der Waals surface area (Å²) in [6.07, 6.45) is 3.60. The van der Waals surface area contributed by atoms with Crippen LogP contribution in [0.3, 0.4) is 0 Å². The zero-order chi connectivity index (χ0) is 13.5. The van der Waals surface area contributed by atoms with Crippen LogP contribution < -0.4 is 10.6 Å². The molecule has 0 radical (unpaired) electrons. The van der Waals surface area contributed by atoms with Crippen LogP contribution in [0.5, 0.6) is 0 Å². The largest absolute Gasteiger partial charge is 0.472 e. The Labute approximate surface area is 137 Å². The predicted molar refractivity (Wildman–Crippen MR) is 89.6 cm³/mol. The van der Waals surface area contributed by atoms with Crippen LogP contribution in [-0.2, 0) is 11.3 Å². The molecule has 1 fully saturated rings. The molecule has 0 amide bonds. The van der Waals surface area contributed by atoms with E-state index in [1.54, 1.807) is 19.6 Å². The Morgan fingerprint density at radius 2 is 2.35 bits per heavy atom. The van der Waals surface area contributed by atoms with E-state index in [4.69, 9.17) is 9.15 Å². The van der Waals surface area contributed by atoms with Gasteiger partial charge in [0.1, 0.15) is 0 Å². The molecule has 1 aliphatic heterocycles. The molecule has 2 heterocycles.